The molecule has 0 saturated heterocycles. The van der Waals surface area contributed by atoms with Gasteiger partial charge in [-0.25, -0.2) is 18.2 Å². The molecule has 0 saturated carbocycles. The second-order valence-corrected chi connectivity index (χ2v) is 10.7. The predicted octanol–water partition coefficient (Wildman–Crippen LogP) is 3.26. The molecule has 0 aromatic heterocycles. The summed E-state index contributed by atoms with van der Waals surface area (Å²) in [6, 6.07) is 13.7. The number of ether oxygens (including phenoxy) is 1. The number of para-hydroxylation sites is 2. The summed E-state index contributed by atoms with van der Waals surface area (Å²) < 4.78 is 32.5. The molecular formula is C26H30N4O5S. The Morgan fingerprint density at radius 1 is 1.08 bits per heavy atom. The molecule has 2 N–H and O–H groups in total. The normalized spacial score (nSPS) is 17.8. The number of esters is 1. The van der Waals surface area contributed by atoms with Crippen molar-refractivity contribution >= 4 is 39.1 Å². The molecule has 0 unspecified atom stereocenters. The summed E-state index contributed by atoms with van der Waals surface area (Å²) >= 11 is 0. The molecule has 36 heavy (non-hydrogen) atoms. The summed E-state index contributed by atoms with van der Waals surface area (Å²) in [5.74, 6) is -1.29. The molecule has 190 valence electrons. The molecule has 2 aromatic carbocycles. The minimum atomic E-state index is -3.69. The van der Waals surface area contributed by atoms with E-state index in [4.69, 9.17) is 4.74 Å². The van der Waals surface area contributed by atoms with Crippen molar-refractivity contribution in [2.24, 2.45) is 4.99 Å². The monoisotopic (exact) mass is 510 g/mol. The number of amidine groups is 1. The summed E-state index contributed by atoms with van der Waals surface area (Å²) in [6.07, 6.45) is 0.660. The van der Waals surface area contributed by atoms with Gasteiger partial charge < -0.3 is 15.4 Å². The lowest BCUT2D eigenvalue weighted by atomic mass is 9.95. The highest BCUT2D eigenvalue weighted by Crippen LogP contribution is 2.32. The first-order valence-electron chi connectivity index (χ1n) is 12.0. The number of carbonyl (C=O) groups excluding carboxylic acids is 2. The van der Waals surface area contributed by atoms with E-state index in [9.17, 15) is 18.0 Å². The fourth-order valence-electron chi connectivity index (χ4n) is 4.38. The molecule has 0 spiro atoms. The van der Waals surface area contributed by atoms with Crippen LogP contribution in [0, 0.1) is 0 Å². The van der Waals surface area contributed by atoms with E-state index in [1.54, 1.807) is 26.0 Å². The van der Waals surface area contributed by atoms with Crippen molar-refractivity contribution in [1.82, 2.24) is 9.62 Å². The van der Waals surface area contributed by atoms with Crippen molar-refractivity contribution in [3.63, 3.8) is 0 Å². The number of aliphatic imine (C=N–C) groups is 1. The fraction of sp³-hybridized carbons (Fsp3) is 0.346. The number of allylic oxidation sites excluding steroid dienone is 1. The lowest BCUT2D eigenvalue weighted by molar-refractivity contribution is -0.137. The Hall–Kier alpha value is -3.50. The van der Waals surface area contributed by atoms with E-state index >= 15 is 0 Å². The van der Waals surface area contributed by atoms with Crippen LogP contribution in [0.5, 0.6) is 0 Å². The molecule has 0 bridgehead atoms. The van der Waals surface area contributed by atoms with Gasteiger partial charge in [-0.15, -0.1) is 0 Å². The van der Waals surface area contributed by atoms with Crippen LogP contribution in [-0.2, 0) is 37.3 Å². The predicted molar refractivity (Wildman–Crippen MR) is 138 cm³/mol. The highest BCUT2D eigenvalue weighted by Gasteiger charge is 2.39. The number of nitrogens with zero attached hydrogens (tertiary/aromatic N) is 2. The van der Waals surface area contributed by atoms with Gasteiger partial charge >= 0.3 is 5.97 Å². The molecule has 0 aliphatic carbocycles. The van der Waals surface area contributed by atoms with Crippen LogP contribution in [0.4, 0.5) is 11.4 Å². The van der Waals surface area contributed by atoms with E-state index in [1.807, 2.05) is 43.3 Å². The van der Waals surface area contributed by atoms with Crippen LogP contribution in [0.25, 0.3) is 0 Å². The zero-order valence-electron chi connectivity index (χ0n) is 20.6. The average Bonchev–Trinajstić information content (AvgIpc) is 3.04. The van der Waals surface area contributed by atoms with E-state index in [1.165, 1.54) is 4.31 Å². The molecule has 2 aliphatic rings. The first-order valence-corrected chi connectivity index (χ1v) is 13.6. The fourth-order valence-corrected chi connectivity index (χ4v) is 5.61. The average molecular weight is 511 g/mol. The highest BCUT2D eigenvalue weighted by molar-refractivity contribution is 7.89. The van der Waals surface area contributed by atoms with E-state index in [-0.39, 0.29) is 36.7 Å². The van der Waals surface area contributed by atoms with Gasteiger partial charge in [0.05, 0.1) is 23.7 Å². The molecule has 2 aromatic rings. The standard InChI is InChI=1S/C26H30N4O5S/c1-4-19-23(26(32)35-5-2)24(28-21-14-10-9-13-20(21)27-19)29-25(31)22-15-17-11-7-8-12-18(17)16-30(22)36(33,34)6-3/h7-14,22,27H,4-6,15-16H2,1-3H3,(H,28,29,31)/t22-/m1/s1. The minimum Gasteiger partial charge on any atom is -0.462 e. The first-order chi connectivity index (χ1) is 17.3. The summed E-state index contributed by atoms with van der Waals surface area (Å²) in [5, 5.41) is 6.03. The quantitative estimate of drug-likeness (QED) is 0.576. The maximum absolute atomic E-state index is 13.7. The smallest absolute Gasteiger partial charge is 0.343 e. The maximum atomic E-state index is 13.7. The number of amides is 1. The van der Waals surface area contributed by atoms with Crippen LogP contribution in [0.1, 0.15) is 38.3 Å². The van der Waals surface area contributed by atoms with Crippen molar-refractivity contribution in [3.05, 3.63) is 70.9 Å². The van der Waals surface area contributed by atoms with Crippen molar-refractivity contribution in [2.45, 2.75) is 46.2 Å². The second kappa shape index (κ2) is 10.6. The topological polar surface area (TPSA) is 117 Å². The van der Waals surface area contributed by atoms with Crippen molar-refractivity contribution in [1.29, 1.82) is 0 Å². The van der Waals surface area contributed by atoms with Gasteiger partial charge in [-0.1, -0.05) is 43.3 Å². The largest absolute Gasteiger partial charge is 0.462 e. The van der Waals surface area contributed by atoms with Gasteiger partial charge in [0.15, 0.2) is 0 Å². The molecule has 1 amide bonds. The van der Waals surface area contributed by atoms with Crippen LogP contribution < -0.4 is 10.6 Å². The van der Waals surface area contributed by atoms with Crippen molar-refractivity contribution < 1.29 is 22.7 Å². The Kier molecular flexibility index (Phi) is 7.56. The number of benzene rings is 2. The van der Waals surface area contributed by atoms with Gasteiger partial charge in [-0.2, -0.15) is 4.31 Å². The van der Waals surface area contributed by atoms with E-state index in [2.05, 4.69) is 15.6 Å². The summed E-state index contributed by atoms with van der Waals surface area (Å²) in [7, 11) is -3.69. The number of anilines is 1. The van der Waals surface area contributed by atoms with Crippen LogP contribution in [-0.4, -0.2) is 48.8 Å². The third-order valence-corrected chi connectivity index (χ3v) is 8.09. The number of sulfonamides is 1. The molecule has 2 aliphatic heterocycles. The van der Waals surface area contributed by atoms with Crippen molar-refractivity contribution in [2.75, 3.05) is 17.7 Å². The molecule has 9 nitrogen and oxygen atoms in total. The van der Waals surface area contributed by atoms with Crippen LogP contribution in [0.15, 0.2) is 64.8 Å². The number of hydrogen-bond donors (Lipinski definition) is 2. The van der Waals surface area contributed by atoms with Gasteiger partial charge in [0, 0.05) is 12.2 Å². The number of nitrogens with one attached hydrogen (secondary N) is 2. The number of carbonyl (C=O) groups is 2. The Morgan fingerprint density at radius 2 is 1.78 bits per heavy atom. The molecule has 0 radical (unpaired) electrons. The summed E-state index contributed by atoms with van der Waals surface area (Å²) in [5.41, 5.74) is 3.65. The van der Waals surface area contributed by atoms with Gasteiger partial charge in [-0.05, 0) is 49.9 Å². The molecule has 10 heteroatoms. The maximum Gasteiger partial charge on any atom is 0.343 e. The second-order valence-electron chi connectivity index (χ2n) is 8.45. The van der Waals surface area contributed by atoms with Crippen molar-refractivity contribution in [3.8, 4) is 0 Å². The lowest BCUT2D eigenvalue weighted by Crippen LogP contribution is -2.54. The Balaban J connectivity index is 1.77. The van der Waals surface area contributed by atoms with Gasteiger partial charge in [0.1, 0.15) is 17.5 Å². The summed E-state index contributed by atoms with van der Waals surface area (Å²) in [6.45, 7) is 5.38. The van der Waals surface area contributed by atoms with Crippen LogP contribution in [0.3, 0.4) is 0 Å². The Labute approximate surface area is 211 Å². The molecular weight excluding hydrogens is 480 g/mol. The van der Waals surface area contributed by atoms with E-state index in [0.29, 0.717) is 23.5 Å². The van der Waals surface area contributed by atoms with Gasteiger partial charge in [0.2, 0.25) is 15.9 Å². The SMILES string of the molecule is CCOC(=O)C1=C(CC)Nc2ccccc2N=C1NC(=O)[C@H]1Cc2ccccc2CN1S(=O)(=O)CC. The number of fused-ring (bicyclic) bond motifs is 2. The minimum absolute atomic E-state index is 0.0282. The number of hydrogen-bond acceptors (Lipinski definition) is 7. The van der Waals surface area contributed by atoms with E-state index in [0.717, 1.165) is 11.1 Å². The van der Waals surface area contributed by atoms with Crippen LogP contribution in [0.2, 0.25) is 0 Å². The van der Waals surface area contributed by atoms with Gasteiger partial charge in [-0.3, -0.25) is 4.79 Å². The summed E-state index contributed by atoms with van der Waals surface area (Å²) in [4.78, 5) is 31.3. The zero-order valence-corrected chi connectivity index (χ0v) is 21.4. The third kappa shape index (κ3) is 5.05. The van der Waals surface area contributed by atoms with Gasteiger partial charge in [0.25, 0.3) is 0 Å². The van der Waals surface area contributed by atoms with Crippen LogP contribution >= 0.6 is 0 Å². The zero-order chi connectivity index (χ0) is 25.9. The number of rotatable bonds is 6. The molecule has 0 fully saturated rings. The molecule has 1 atom stereocenters. The first kappa shape index (κ1) is 25.6. The lowest BCUT2D eigenvalue weighted by Gasteiger charge is -2.34. The Bertz CT molecular complexity index is 1350. The highest BCUT2D eigenvalue weighted by atomic mass is 32.2. The Morgan fingerprint density at radius 3 is 2.47 bits per heavy atom. The van der Waals surface area contributed by atoms with E-state index < -0.39 is 27.9 Å². The molecule has 4 rings (SSSR count). The third-order valence-electron chi connectivity index (χ3n) is 6.27. The molecule has 2 heterocycles.